The summed E-state index contributed by atoms with van der Waals surface area (Å²) in [4.78, 5) is 13.0. The van der Waals surface area contributed by atoms with Gasteiger partial charge in [0.25, 0.3) is 0 Å². The molecule has 6 nitrogen and oxygen atoms in total. The normalized spacial score (nSPS) is 15.3. The molecule has 0 N–H and O–H groups in total. The smallest absolute Gasteiger partial charge is 0.220 e. The highest BCUT2D eigenvalue weighted by Crippen LogP contribution is 2.47. The molecule has 0 radical (unpaired) electrons. The van der Waals surface area contributed by atoms with Crippen molar-refractivity contribution in [2.45, 2.75) is 41.8 Å². The van der Waals surface area contributed by atoms with Crippen LogP contribution in [-0.2, 0) is 5.04 Å². The zero-order chi connectivity index (χ0) is 34.2. The van der Waals surface area contributed by atoms with E-state index >= 15 is 0 Å². The number of fused-ring (bicyclic) bond motifs is 12. The van der Waals surface area contributed by atoms with Gasteiger partial charge in [0.05, 0.1) is 52.2 Å². The van der Waals surface area contributed by atoms with Gasteiger partial charge in [0, 0.05) is 21.2 Å². The summed E-state index contributed by atoms with van der Waals surface area (Å²) in [5.74, 6) is 1.89. The minimum Gasteiger partial charge on any atom is -0.278 e. The van der Waals surface area contributed by atoms with E-state index in [1.54, 1.807) is 0 Å². The molecule has 0 fully saturated rings. The minimum atomic E-state index is -2.18. The predicted octanol–water partition coefficient (Wildman–Crippen LogP) is 10.1. The molecule has 5 heterocycles. The maximum absolute atomic E-state index is 5.17. The van der Waals surface area contributed by atoms with Crippen molar-refractivity contribution in [1.82, 2.24) is 27.9 Å². The number of benzene rings is 6. The van der Waals surface area contributed by atoms with E-state index in [4.69, 9.17) is 9.97 Å². The van der Waals surface area contributed by atoms with Gasteiger partial charge in [0.1, 0.15) is 0 Å². The van der Waals surface area contributed by atoms with Crippen LogP contribution in [-0.4, -0.2) is 36.0 Å². The maximum Gasteiger partial charge on any atom is 0.220 e. The zero-order valence-electron chi connectivity index (χ0n) is 28.8. The molecule has 4 aromatic heterocycles. The lowest BCUT2D eigenvalue weighted by Crippen LogP contribution is -2.57. The maximum atomic E-state index is 5.17. The summed E-state index contributed by atoms with van der Waals surface area (Å²) < 4.78 is 9.31. The van der Waals surface area contributed by atoms with E-state index in [1.165, 1.54) is 26.1 Å². The number of rotatable bonds is 2. The van der Waals surface area contributed by atoms with Gasteiger partial charge in [0.2, 0.25) is 11.6 Å². The van der Waals surface area contributed by atoms with E-state index in [0.29, 0.717) is 0 Å². The van der Waals surface area contributed by atoms with Crippen molar-refractivity contribution in [2.24, 2.45) is 0 Å². The lowest BCUT2D eigenvalue weighted by atomic mass is 10.0. The number of para-hydroxylation sites is 8. The van der Waals surface area contributed by atoms with Gasteiger partial charge in [-0.15, -0.1) is 0 Å². The van der Waals surface area contributed by atoms with Crippen LogP contribution in [0.4, 0.5) is 0 Å². The molecular formula is C43H34N6SSi. The van der Waals surface area contributed by atoms with E-state index < -0.39 is 8.07 Å². The summed E-state index contributed by atoms with van der Waals surface area (Å²) in [5, 5.41) is 1.40. The topological polar surface area (TPSA) is 44.5 Å². The van der Waals surface area contributed by atoms with E-state index in [2.05, 4.69) is 178 Å². The first kappa shape index (κ1) is 29.2. The van der Waals surface area contributed by atoms with Gasteiger partial charge >= 0.3 is 0 Å². The van der Waals surface area contributed by atoms with Crippen LogP contribution in [0, 0.1) is 0 Å². The fraction of sp³-hybridized carbons (Fsp3) is 0.116. The molecule has 0 aliphatic carbocycles. The van der Waals surface area contributed by atoms with Gasteiger partial charge in [-0.25, -0.2) is 9.97 Å². The summed E-state index contributed by atoms with van der Waals surface area (Å²) in [6.45, 7) is 10.1. The van der Waals surface area contributed by atoms with Crippen molar-refractivity contribution in [3.05, 3.63) is 139 Å². The molecule has 10 aromatic rings. The van der Waals surface area contributed by atoms with Gasteiger partial charge in [-0.1, -0.05) is 87.2 Å². The molecule has 0 amide bonds. The Balaban J connectivity index is 1.10. The number of nitrogens with zero attached hydrogens (tertiary/aromatic N) is 6. The number of hydrogen-bond acceptors (Lipinski definition) is 3. The molecule has 1 aliphatic rings. The Labute approximate surface area is 299 Å². The number of hydrogen-bond donors (Lipinski definition) is 0. The highest BCUT2D eigenvalue weighted by Gasteiger charge is 2.46. The molecule has 0 spiro atoms. The molecule has 51 heavy (non-hydrogen) atoms. The Hall–Kier alpha value is -5.57. The summed E-state index contributed by atoms with van der Waals surface area (Å²) in [6, 6.07) is 48.4. The van der Waals surface area contributed by atoms with Gasteiger partial charge < -0.3 is 0 Å². The fourth-order valence-corrected chi connectivity index (χ4v) is 13.3. The molecule has 246 valence electrons. The van der Waals surface area contributed by atoms with Crippen molar-refractivity contribution in [3.63, 3.8) is 0 Å². The van der Waals surface area contributed by atoms with E-state index in [-0.39, 0.29) is 5.04 Å². The second kappa shape index (κ2) is 10.0. The Morgan fingerprint density at radius 3 is 1.51 bits per heavy atom. The number of aromatic nitrogens is 6. The molecule has 0 bridgehead atoms. The van der Waals surface area contributed by atoms with Crippen LogP contribution >= 0.6 is 11.8 Å². The SMILES string of the molecule is CC1(C)c2cc(-n3c4ccccc4n4c5ccccc5nc34)ccc2Sc2ccc(-n3c4ccccc4n4c5ccccc5nc34)cc2[Si]1(C)C. The summed E-state index contributed by atoms with van der Waals surface area (Å²) in [7, 11) is -2.18. The summed E-state index contributed by atoms with van der Waals surface area (Å²) in [6.07, 6.45) is 0. The average molecular weight is 695 g/mol. The van der Waals surface area contributed by atoms with Crippen molar-refractivity contribution in [3.8, 4) is 11.4 Å². The van der Waals surface area contributed by atoms with Crippen molar-refractivity contribution in [1.29, 1.82) is 0 Å². The molecule has 0 atom stereocenters. The van der Waals surface area contributed by atoms with Crippen molar-refractivity contribution < 1.29 is 0 Å². The van der Waals surface area contributed by atoms with Gasteiger partial charge in [-0.3, -0.25) is 17.9 Å². The van der Waals surface area contributed by atoms with Gasteiger partial charge in [-0.2, -0.15) is 0 Å². The Morgan fingerprint density at radius 1 is 0.510 bits per heavy atom. The third-order valence-electron chi connectivity index (χ3n) is 11.8. The quantitative estimate of drug-likeness (QED) is 0.169. The van der Waals surface area contributed by atoms with Crippen LogP contribution in [0.3, 0.4) is 0 Å². The van der Waals surface area contributed by atoms with Crippen LogP contribution in [0.5, 0.6) is 0 Å². The van der Waals surface area contributed by atoms with Gasteiger partial charge in [-0.05, 0) is 101 Å². The molecule has 11 rings (SSSR count). The third-order valence-corrected chi connectivity index (χ3v) is 18.3. The molecule has 1 aliphatic heterocycles. The first-order valence-electron chi connectivity index (χ1n) is 17.5. The molecule has 0 saturated carbocycles. The second-order valence-corrected chi connectivity index (χ2v) is 21.0. The predicted molar refractivity (Wildman–Crippen MR) is 213 cm³/mol. The van der Waals surface area contributed by atoms with Crippen LogP contribution in [0.15, 0.2) is 143 Å². The summed E-state index contributed by atoms with van der Waals surface area (Å²) >= 11 is 1.92. The van der Waals surface area contributed by atoms with E-state index in [1.807, 2.05) is 11.8 Å². The van der Waals surface area contributed by atoms with Crippen LogP contribution in [0.25, 0.3) is 67.1 Å². The largest absolute Gasteiger partial charge is 0.278 e. The second-order valence-electron chi connectivity index (χ2n) is 14.8. The fourth-order valence-electron chi connectivity index (χ4n) is 8.47. The number of imidazole rings is 4. The van der Waals surface area contributed by atoms with E-state index in [9.17, 15) is 0 Å². The Morgan fingerprint density at radius 2 is 0.961 bits per heavy atom. The molecular weight excluding hydrogens is 661 g/mol. The van der Waals surface area contributed by atoms with Crippen LogP contribution in [0.1, 0.15) is 19.4 Å². The Bertz CT molecular complexity index is 2880. The highest BCUT2D eigenvalue weighted by molar-refractivity contribution is 7.99. The molecule has 8 heteroatoms. The first-order valence-corrected chi connectivity index (χ1v) is 21.3. The average Bonchev–Trinajstić information content (AvgIpc) is 3.87. The lowest BCUT2D eigenvalue weighted by molar-refractivity contribution is 0.709. The highest BCUT2D eigenvalue weighted by atomic mass is 32.2. The third kappa shape index (κ3) is 3.78. The summed E-state index contributed by atoms with van der Waals surface area (Å²) in [5.41, 5.74) is 12.6. The monoisotopic (exact) mass is 694 g/mol. The molecule has 6 aromatic carbocycles. The van der Waals surface area contributed by atoms with Crippen LogP contribution < -0.4 is 5.19 Å². The Kier molecular flexibility index (Phi) is 5.74. The van der Waals surface area contributed by atoms with Crippen LogP contribution in [0.2, 0.25) is 13.1 Å². The first-order chi connectivity index (χ1) is 24.8. The standard InChI is InChI=1S/C43H34N6SSi/c1-43(2)29-25-27(46-34-17-9-11-19-36(34)48-32-15-7-5-13-30(32)44-41(46)48)21-23-38(29)50-39-24-22-28(26-40(39)51(43,3)4)47-35-18-10-12-20-37(35)49-33-16-8-6-14-31(33)45-42(47)49/h5-26H,1-4H3. The lowest BCUT2D eigenvalue weighted by Gasteiger charge is -2.41. The van der Waals surface area contributed by atoms with E-state index in [0.717, 1.165) is 61.5 Å². The molecule has 0 saturated heterocycles. The zero-order valence-corrected chi connectivity index (χ0v) is 30.6. The van der Waals surface area contributed by atoms with Gasteiger partial charge in [0.15, 0.2) is 0 Å². The minimum absolute atomic E-state index is 0.0787. The van der Waals surface area contributed by atoms with Crippen molar-refractivity contribution in [2.75, 3.05) is 0 Å². The van der Waals surface area contributed by atoms with Crippen molar-refractivity contribution >= 4 is 80.7 Å². The molecule has 0 unspecified atom stereocenters.